The van der Waals surface area contributed by atoms with Gasteiger partial charge in [-0.05, 0) is 65.0 Å². The Hall–Kier alpha value is -7.30. The van der Waals surface area contributed by atoms with E-state index in [0.717, 1.165) is 44.3 Å². The van der Waals surface area contributed by atoms with Crippen molar-refractivity contribution in [2.75, 3.05) is 0 Å². The zero-order valence-corrected chi connectivity index (χ0v) is 29.3. The van der Waals surface area contributed by atoms with Crippen molar-refractivity contribution in [3.05, 3.63) is 194 Å². The van der Waals surface area contributed by atoms with Gasteiger partial charge in [0, 0.05) is 38.1 Å². The second kappa shape index (κ2) is 12.1. The number of rotatable bonds is 5. The molecule has 11 rings (SSSR count). The normalized spacial score (nSPS) is 11.7. The summed E-state index contributed by atoms with van der Waals surface area (Å²) < 4.78 is 4.63. The lowest BCUT2D eigenvalue weighted by Crippen LogP contribution is -2.03. The smallest absolute Gasteiger partial charge is 0.235 e. The first kappa shape index (κ1) is 30.3. The molecule has 8 aromatic carbocycles. The van der Waals surface area contributed by atoms with Gasteiger partial charge in [-0.1, -0.05) is 146 Å². The zero-order chi connectivity index (χ0) is 35.6. The highest BCUT2D eigenvalue weighted by atomic mass is 15.2. The average molecular weight is 689 g/mol. The molecule has 0 radical (unpaired) electrons. The Morgan fingerprint density at radius 1 is 0.296 bits per heavy atom. The second-order valence-electron chi connectivity index (χ2n) is 13.8. The Bertz CT molecular complexity index is 3150. The molecule has 11 aromatic rings. The maximum atomic E-state index is 5.21. The van der Waals surface area contributed by atoms with Gasteiger partial charge in [0.15, 0.2) is 0 Å². The van der Waals surface area contributed by atoms with Gasteiger partial charge in [0.1, 0.15) is 0 Å². The topological polar surface area (TPSA) is 35.6 Å². The molecule has 0 fully saturated rings. The van der Waals surface area contributed by atoms with Crippen LogP contribution in [0.1, 0.15) is 0 Å². The fourth-order valence-electron chi connectivity index (χ4n) is 8.23. The SMILES string of the molecule is c1ccc(-c2cc(-c3ccccc3)nc(-n3c4ccccc4c4cc(-c5ccc6c(c5)c5ccccc5n6-c5cccc6ccccc56)ccc43)n2)cc1. The molecule has 4 heteroatoms. The van der Waals surface area contributed by atoms with Crippen molar-refractivity contribution in [2.45, 2.75) is 0 Å². The molecular formula is C50H32N4. The Labute approximate surface area is 311 Å². The van der Waals surface area contributed by atoms with Crippen LogP contribution < -0.4 is 0 Å². The average Bonchev–Trinajstić information content (AvgIpc) is 3.76. The summed E-state index contributed by atoms with van der Waals surface area (Å²) in [4.78, 5) is 10.4. The summed E-state index contributed by atoms with van der Waals surface area (Å²) in [6.45, 7) is 0. The summed E-state index contributed by atoms with van der Waals surface area (Å²) in [5.74, 6) is 0.650. The molecule has 0 saturated carbocycles. The fraction of sp³-hybridized carbons (Fsp3) is 0. The third kappa shape index (κ3) is 4.78. The first-order chi connectivity index (χ1) is 26.8. The van der Waals surface area contributed by atoms with Gasteiger partial charge in [-0.3, -0.25) is 4.57 Å². The van der Waals surface area contributed by atoms with E-state index < -0.39 is 0 Å². The third-order valence-corrected chi connectivity index (χ3v) is 10.7. The van der Waals surface area contributed by atoms with Crippen LogP contribution in [0.3, 0.4) is 0 Å². The molecule has 252 valence electrons. The van der Waals surface area contributed by atoms with Gasteiger partial charge in [-0.25, -0.2) is 9.97 Å². The molecule has 0 amide bonds. The van der Waals surface area contributed by atoms with Crippen molar-refractivity contribution in [1.82, 2.24) is 19.1 Å². The highest BCUT2D eigenvalue weighted by molar-refractivity contribution is 6.13. The molecule has 0 aliphatic rings. The van der Waals surface area contributed by atoms with E-state index in [9.17, 15) is 0 Å². The molecule has 54 heavy (non-hydrogen) atoms. The van der Waals surface area contributed by atoms with E-state index >= 15 is 0 Å². The van der Waals surface area contributed by atoms with Gasteiger partial charge >= 0.3 is 0 Å². The molecule has 0 spiro atoms. The van der Waals surface area contributed by atoms with E-state index in [1.54, 1.807) is 0 Å². The molecule has 0 atom stereocenters. The lowest BCUT2D eigenvalue weighted by Gasteiger charge is -2.12. The minimum Gasteiger partial charge on any atom is -0.309 e. The molecule has 0 aliphatic heterocycles. The molecule has 3 heterocycles. The number of para-hydroxylation sites is 2. The number of hydrogen-bond donors (Lipinski definition) is 0. The molecule has 3 aromatic heterocycles. The van der Waals surface area contributed by atoms with Gasteiger partial charge in [0.2, 0.25) is 5.95 Å². The van der Waals surface area contributed by atoms with E-state index in [2.05, 4.69) is 191 Å². The summed E-state index contributed by atoms with van der Waals surface area (Å²) in [5.41, 5.74) is 11.9. The largest absolute Gasteiger partial charge is 0.309 e. The third-order valence-electron chi connectivity index (χ3n) is 10.7. The van der Waals surface area contributed by atoms with Crippen molar-refractivity contribution in [3.8, 4) is 45.3 Å². The highest BCUT2D eigenvalue weighted by Gasteiger charge is 2.19. The number of benzene rings is 8. The monoisotopic (exact) mass is 688 g/mol. The van der Waals surface area contributed by atoms with Gasteiger partial charge in [-0.2, -0.15) is 0 Å². The molecule has 4 nitrogen and oxygen atoms in total. The van der Waals surface area contributed by atoms with E-state index in [0.29, 0.717) is 5.95 Å². The Morgan fingerprint density at radius 3 is 1.37 bits per heavy atom. The van der Waals surface area contributed by atoms with Gasteiger partial charge in [0.05, 0.1) is 39.1 Å². The zero-order valence-electron chi connectivity index (χ0n) is 29.3. The van der Waals surface area contributed by atoms with Crippen LogP contribution >= 0.6 is 0 Å². The minimum absolute atomic E-state index is 0.650. The van der Waals surface area contributed by atoms with Crippen LogP contribution in [0.2, 0.25) is 0 Å². The van der Waals surface area contributed by atoms with Crippen molar-refractivity contribution in [3.63, 3.8) is 0 Å². The molecule has 0 aliphatic carbocycles. The van der Waals surface area contributed by atoms with Crippen molar-refractivity contribution in [2.24, 2.45) is 0 Å². The Balaban J connectivity index is 1.10. The van der Waals surface area contributed by atoms with Crippen molar-refractivity contribution >= 4 is 54.4 Å². The Kier molecular flexibility index (Phi) is 6.82. The quantitative estimate of drug-likeness (QED) is 0.180. The van der Waals surface area contributed by atoms with Crippen LogP contribution in [0.15, 0.2) is 194 Å². The molecule has 0 bridgehead atoms. The maximum Gasteiger partial charge on any atom is 0.235 e. The predicted molar refractivity (Wildman–Crippen MR) is 225 cm³/mol. The molecule has 0 N–H and O–H groups in total. The van der Waals surface area contributed by atoms with E-state index in [-0.39, 0.29) is 0 Å². The van der Waals surface area contributed by atoms with E-state index in [4.69, 9.17) is 9.97 Å². The Morgan fingerprint density at radius 2 is 0.759 bits per heavy atom. The fourth-order valence-corrected chi connectivity index (χ4v) is 8.23. The van der Waals surface area contributed by atoms with Crippen LogP contribution in [0.5, 0.6) is 0 Å². The predicted octanol–water partition coefficient (Wildman–Crippen LogP) is 12.8. The molecular weight excluding hydrogens is 657 g/mol. The van der Waals surface area contributed by atoms with Gasteiger partial charge < -0.3 is 4.57 Å². The van der Waals surface area contributed by atoms with Crippen LogP contribution in [0.4, 0.5) is 0 Å². The van der Waals surface area contributed by atoms with Gasteiger partial charge in [-0.15, -0.1) is 0 Å². The summed E-state index contributed by atoms with van der Waals surface area (Å²) >= 11 is 0. The number of fused-ring (bicyclic) bond motifs is 7. The highest BCUT2D eigenvalue weighted by Crippen LogP contribution is 2.39. The lowest BCUT2D eigenvalue weighted by molar-refractivity contribution is 0.995. The minimum atomic E-state index is 0.650. The second-order valence-corrected chi connectivity index (χ2v) is 13.8. The van der Waals surface area contributed by atoms with Crippen LogP contribution in [-0.2, 0) is 0 Å². The summed E-state index contributed by atoms with van der Waals surface area (Å²) in [6, 6.07) is 69.1. The van der Waals surface area contributed by atoms with Crippen LogP contribution in [0, 0.1) is 0 Å². The standard InChI is InChI=1S/C50H32N4/c1-3-15-34(16-4-1)43-32-44(35-17-5-2-6-18-35)52-50(51-43)54-47-24-12-10-22-40(47)42-31-37(27-29-49(42)54)36-26-28-48-41(30-36)39-21-9-11-23-46(39)53(48)45-25-13-19-33-14-7-8-20-38(33)45/h1-32H. The number of hydrogen-bond acceptors (Lipinski definition) is 2. The van der Waals surface area contributed by atoms with Crippen LogP contribution in [0.25, 0.3) is 99.7 Å². The number of aromatic nitrogens is 4. The van der Waals surface area contributed by atoms with E-state index in [1.807, 2.05) is 12.1 Å². The van der Waals surface area contributed by atoms with Crippen molar-refractivity contribution in [1.29, 1.82) is 0 Å². The summed E-state index contributed by atoms with van der Waals surface area (Å²) in [7, 11) is 0. The van der Waals surface area contributed by atoms with Gasteiger partial charge in [0.25, 0.3) is 0 Å². The molecule has 0 saturated heterocycles. The van der Waals surface area contributed by atoms with Crippen molar-refractivity contribution < 1.29 is 0 Å². The summed E-state index contributed by atoms with van der Waals surface area (Å²) in [6.07, 6.45) is 0. The van der Waals surface area contributed by atoms with Crippen LogP contribution in [-0.4, -0.2) is 19.1 Å². The number of nitrogens with zero attached hydrogens (tertiary/aromatic N) is 4. The lowest BCUT2D eigenvalue weighted by atomic mass is 10.0. The maximum absolute atomic E-state index is 5.21. The first-order valence-corrected chi connectivity index (χ1v) is 18.3. The molecule has 0 unspecified atom stereocenters. The first-order valence-electron chi connectivity index (χ1n) is 18.3. The van der Waals surface area contributed by atoms with E-state index in [1.165, 1.54) is 49.4 Å². The summed E-state index contributed by atoms with van der Waals surface area (Å²) in [5, 5.41) is 7.28.